The standard InChI is InChI=1S/C21H18F3N3O/c22-21(23,24)17-8-4-5-9-18(17)27-19-14-16(11-13-25-19)20(28)26-12-10-15-6-2-1-3-7-15/h1-9,11,13-14H,10,12H2,(H,25,27)(H,26,28). The lowest BCUT2D eigenvalue weighted by atomic mass is 10.1. The van der Waals surface area contributed by atoms with Crippen molar-refractivity contribution in [2.24, 2.45) is 0 Å². The zero-order valence-electron chi connectivity index (χ0n) is 14.8. The number of nitrogens with zero attached hydrogens (tertiary/aromatic N) is 1. The second-order valence-electron chi connectivity index (χ2n) is 6.09. The SMILES string of the molecule is O=C(NCCc1ccccc1)c1ccnc(Nc2ccccc2C(F)(F)F)c1. The summed E-state index contributed by atoms with van der Waals surface area (Å²) in [7, 11) is 0. The Hall–Kier alpha value is -3.35. The number of anilines is 2. The summed E-state index contributed by atoms with van der Waals surface area (Å²) in [5, 5.41) is 5.44. The van der Waals surface area contributed by atoms with Crippen LogP contribution in [0.3, 0.4) is 0 Å². The number of para-hydroxylation sites is 1. The zero-order chi connectivity index (χ0) is 20.0. The van der Waals surface area contributed by atoms with Crippen LogP contribution in [0.15, 0.2) is 72.9 Å². The molecule has 0 spiro atoms. The van der Waals surface area contributed by atoms with Crippen molar-refractivity contribution in [2.45, 2.75) is 12.6 Å². The summed E-state index contributed by atoms with van der Waals surface area (Å²) in [6, 6.07) is 17.8. The van der Waals surface area contributed by atoms with E-state index in [4.69, 9.17) is 0 Å². The summed E-state index contributed by atoms with van der Waals surface area (Å²) in [5.74, 6) is -0.155. The van der Waals surface area contributed by atoms with Gasteiger partial charge < -0.3 is 10.6 Å². The Balaban J connectivity index is 1.66. The number of nitrogens with one attached hydrogen (secondary N) is 2. The molecule has 0 saturated carbocycles. The third-order valence-corrected chi connectivity index (χ3v) is 4.06. The van der Waals surface area contributed by atoms with Crippen LogP contribution in [0.2, 0.25) is 0 Å². The minimum absolute atomic E-state index is 0.121. The first kappa shape index (κ1) is 19.4. The van der Waals surface area contributed by atoms with E-state index in [2.05, 4.69) is 15.6 Å². The molecule has 0 aliphatic heterocycles. The number of amides is 1. The minimum atomic E-state index is -4.49. The maximum absolute atomic E-state index is 13.1. The van der Waals surface area contributed by atoms with Crippen molar-refractivity contribution in [3.05, 3.63) is 89.6 Å². The number of hydrogen-bond acceptors (Lipinski definition) is 3. The van der Waals surface area contributed by atoms with E-state index in [0.717, 1.165) is 11.6 Å². The van der Waals surface area contributed by atoms with Crippen molar-refractivity contribution in [3.63, 3.8) is 0 Å². The first-order chi connectivity index (χ1) is 13.4. The highest BCUT2D eigenvalue weighted by atomic mass is 19.4. The minimum Gasteiger partial charge on any atom is -0.352 e. The van der Waals surface area contributed by atoms with Gasteiger partial charge in [0, 0.05) is 18.3 Å². The molecule has 3 rings (SSSR count). The van der Waals surface area contributed by atoms with Crippen molar-refractivity contribution in [3.8, 4) is 0 Å². The lowest BCUT2D eigenvalue weighted by Gasteiger charge is -2.14. The van der Waals surface area contributed by atoms with E-state index in [-0.39, 0.29) is 17.4 Å². The highest BCUT2D eigenvalue weighted by molar-refractivity contribution is 5.94. The molecule has 4 nitrogen and oxygen atoms in total. The summed E-state index contributed by atoms with van der Waals surface area (Å²) in [6.07, 6.45) is -2.43. The molecule has 1 amide bonds. The molecular weight excluding hydrogens is 367 g/mol. The highest BCUT2D eigenvalue weighted by Gasteiger charge is 2.33. The molecule has 0 fully saturated rings. The van der Waals surface area contributed by atoms with Gasteiger partial charge in [0.2, 0.25) is 0 Å². The van der Waals surface area contributed by atoms with E-state index in [1.807, 2.05) is 30.3 Å². The molecule has 144 valence electrons. The van der Waals surface area contributed by atoms with Crippen LogP contribution in [0.25, 0.3) is 0 Å². The maximum Gasteiger partial charge on any atom is 0.418 e. The van der Waals surface area contributed by atoms with Crippen LogP contribution in [0.4, 0.5) is 24.7 Å². The predicted molar refractivity (Wildman–Crippen MR) is 101 cm³/mol. The Labute approximate surface area is 160 Å². The van der Waals surface area contributed by atoms with Crippen molar-refractivity contribution in [1.82, 2.24) is 10.3 Å². The molecule has 0 aliphatic carbocycles. The summed E-state index contributed by atoms with van der Waals surface area (Å²) in [6.45, 7) is 0.449. The molecular formula is C21H18F3N3O. The second-order valence-corrected chi connectivity index (χ2v) is 6.09. The van der Waals surface area contributed by atoms with Crippen molar-refractivity contribution < 1.29 is 18.0 Å². The Morgan fingerprint density at radius 2 is 1.68 bits per heavy atom. The fourth-order valence-electron chi connectivity index (χ4n) is 2.68. The fraction of sp³-hybridized carbons (Fsp3) is 0.143. The topological polar surface area (TPSA) is 54.0 Å². The number of carbonyl (C=O) groups is 1. The third-order valence-electron chi connectivity index (χ3n) is 4.06. The van der Waals surface area contributed by atoms with Gasteiger partial charge in [-0.2, -0.15) is 13.2 Å². The van der Waals surface area contributed by atoms with Crippen LogP contribution in [0.1, 0.15) is 21.5 Å². The molecule has 0 aliphatic rings. The number of rotatable bonds is 6. The molecule has 28 heavy (non-hydrogen) atoms. The van der Waals surface area contributed by atoms with Crippen LogP contribution in [0.5, 0.6) is 0 Å². The van der Waals surface area contributed by atoms with E-state index in [1.165, 1.54) is 36.5 Å². The average molecular weight is 385 g/mol. The van der Waals surface area contributed by atoms with E-state index >= 15 is 0 Å². The van der Waals surface area contributed by atoms with Crippen LogP contribution < -0.4 is 10.6 Å². The molecule has 0 radical (unpaired) electrons. The van der Waals surface area contributed by atoms with Gasteiger partial charge in [-0.1, -0.05) is 42.5 Å². The van der Waals surface area contributed by atoms with E-state index in [1.54, 1.807) is 0 Å². The second kappa shape index (κ2) is 8.56. The van der Waals surface area contributed by atoms with Crippen molar-refractivity contribution in [1.29, 1.82) is 0 Å². The van der Waals surface area contributed by atoms with Gasteiger partial charge in [-0.25, -0.2) is 4.98 Å². The van der Waals surface area contributed by atoms with Gasteiger partial charge in [-0.15, -0.1) is 0 Å². The number of halogens is 3. The number of carbonyl (C=O) groups excluding carboxylic acids is 1. The Morgan fingerprint density at radius 1 is 0.964 bits per heavy atom. The van der Waals surface area contributed by atoms with Gasteiger partial charge in [0.05, 0.1) is 11.3 Å². The largest absolute Gasteiger partial charge is 0.418 e. The first-order valence-corrected chi connectivity index (χ1v) is 8.65. The number of hydrogen-bond donors (Lipinski definition) is 2. The van der Waals surface area contributed by atoms with Gasteiger partial charge in [-0.05, 0) is 36.2 Å². The van der Waals surface area contributed by atoms with Gasteiger partial charge in [-0.3, -0.25) is 4.79 Å². The number of benzene rings is 2. The van der Waals surface area contributed by atoms with Gasteiger partial charge in [0.1, 0.15) is 5.82 Å². The Kier molecular flexibility index (Phi) is 5.93. The number of pyridine rings is 1. The molecule has 1 heterocycles. The van der Waals surface area contributed by atoms with Crippen LogP contribution >= 0.6 is 0 Å². The molecule has 0 atom stereocenters. The van der Waals surface area contributed by atoms with Crippen LogP contribution in [-0.4, -0.2) is 17.4 Å². The average Bonchev–Trinajstić information content (AvgIpc) is 2.68. The van der Waals surface area contributed by atoms with Gasteiger partial charge in [0.15, 0.2) is 0 Å². The summed E-state index contributed by atoms with van der Waals surface area (Å²) in [5.41, 5.74) is 0.498. The summed E-state index contributed by atoms with van der Waals surface area (Å²) >= 11 is 0. The molecule has 7 heteroatoms. The highest BCUT2D eigenvalue weighted by Crippen LogP contribution is 2.35. The van der Waals surface area contributed by atoms with Crippen molar-refractivity contribution in [2.75, 3.05) is 11.9 Å². The van der Waals surface area contributed by atoms with E-state index in [0.29, 0.717) is 18.5 Å². The van der Waals surface area contributed by atoms with Crippen molar-refractivity contribution >= 4 is 17.4 Å². The lowest BCUT2D eigenvalue weighted by Crippen LogP contribution is -2.25. The predicted octanol–water partition coefficient (Wildman–Crippen LogP) is 4.82. The van der Waals surface area contributed by atoms with Gasteiger partial charge >= 0.3 is 6.18 Å². The van der Waals surface area contributed by atoms with Crippen LogP contribution in [-0.2, 0) is 12.6 Å². The van der Waals surface area contributed by atoms with E-state index < -0.39 is 11.7 Å². The Morgan fingerprint density at radius 3 is 2.43 bits per heavy atom. The molecule has 1 aromatic heterocycles. The van der Waals surface area contributed by atoms with Crippen LogP contribution in [0, 0.1) is 0 Å². The summed E-state index contributed by atoms with van der Waals surface area (Å²) in [4.78, 5) is 16.3. The third kappa shape index (κ3) is 5.09. The lowest BCUT2D eigenvalue weighted by molar-refractivity contribution is -0.136. The Bertz CT molecular complexity index is 943. The summed E-state index contributed by atoms with van der Waals surface area (Å²) < 4.78 is 39.3. The normalized spacial score (nSPS) is 11.1. The number of aromatic nitrogens is 1. The maximum atomic E-state index is 13.1. The first-order valence-electron chi connectivity index (χ1n) is 8.65. The molecule has 2 aromatic carbocycles. The number of alkyl halides is 3. The van der Waals surface area contributed by atoms with Gasteiger partial charge in [0.25, 0.3) is 5.91 Å². The fourth-order valence-corrected chi connectivity index (χ4v) is 2.68. The van der Waals surface area contributed by atoms with E-state index in [9.17, 15) is 18.0 Å². The molecule has 3 aromatic rings. The molecule has 0 saturated heterocycles. The molecule has 0 unspecified atom stereocenters. The zero-order valence-corrected chi connectivity index (χ0v) is 14.8. The molecule has 2 N–H and O–H groups in total. The quantitative estimate of drug-likeness (QED) is 0.640. The smallest absolute Gasteiger partial charge is 0.352 e. The monoisotopic (exact) mass is 385 g/mol. The molecule has 0 bridgehead atoms.